The number of ketones is 1. The summed E-state index contributed by atoms with van der Waals surface area (Å²) in [6.45, 7) is 0.703. The van der Waals surface area contributed by atoms with E-state index >= 15 is 0 Å². The molecule has 0 atom stereocenters. The van der Waals surface area contributed by atoms with Crippen LogP contribution in [0.4, 0.5) is 0 Å². The van der Waals surface area contributed by atoms with Crippen molar-refractivity contribution in [3.8, 4) is 5.75 Å². The minimum Gasteiger partial charge on any atom is -0.501 e. The second-order valence-electron chi connectivity index (χ2n) is 3.68. The molecule has 16 heavy (non-hydrogen) atoms. The second kappa shape index (κ2) is 4.84. The number of hydrogen-bond acceptors (Lipinski definition) is 3. The molecule has 1 aliphatic heterocycles. The van der Waals surface area contributed by atoms with Gasteiger partial charge in [-0.2, -0.15) is 0 Å². The molecular formula is C13H14O3. The van der Waals surface area contributed by atoms with E-state index in [0.717, 1.165) is 18.4 Å². The number of Topliss-reactive ketones (excluding diaryl/α,β-unsaturated/α-hetero) is 1. The van der Waals surface area contributed by atoms with E-state index in [4.69, 9.17) is 9.47 Å². The first-order valence-electron chi connectivity index (χ1n) is 5.30. The summed E-state index contributed by atoms with van der Waals surface area (Å²) < 4.78 is 10.3. The number of methoxy groups -OCH3 is 1. The fourth-order valence-electron chi connectivity index (χ4n) is 1.68. The van der Waals surface area contributed by atoms with E-state index in [9.17, 15) is 4.79 Å². The topological polar surface area (TPSA) is 35.5 Å². The lowest BCUT2D eigenvalue weighted by Gasteiger charge is -2.12. The van der Waals surface area contributed by atoms with Gasteiger partial charge in [-0.25, -0.2) is 0 Å². The molecule has 1 aliphatic rings. The van der Waals surface area contributed by atoms with E-state index in [-0.39, 0.29) is 5.78 Å². The third-order valence-electron chi connectivity index (χ3n) is 2.56. The zero-order valence-corrected chi connectivity index (χ0v) is 9.23. The first-order chi connectivity index (χ1) is 7.81. The number of rotatable bonds is 3. The van der Waals surface area contributed by atoms with Crippen LogP contribution in [-0.2, 0) is 4.74 Å². The third kappa shape index (κ3) is 2.24. The minimum absolute atomic E-state index is 0.0265. The Labute approximate surface area is 94.7 Å². The van der Waals surface area contributed by atoms with Crippen LogP contribution in [0, 0.1) is 0 Å². The molecule has 2 rings (SSSR count). The van der Waals surface area contributed by atoms with Crippen LogP contribution in [0.25, 0.3) is 0 Å². The van der Waals surface area contributed by atoms with Gasteiger partial charge in [0.2, 0.25) is 0 Å². The summed E-state index contributed by atoms with van der Waals surface area (Å²) in [5, 5.41) is 0. The Hall–Kier alpha value is -1.77. The van der Waals surface area contributed by atoms with Crippen LogP contribution in [0.3, 0.4) is 0 Å². The van der Waals surface area contributed by atoms with Crippen molar-refractivity contribution >= 4 is 5.78 Å². The Kier molecular flexibility index (Phi) is 3.25. The van der Waals surface area contributed by atoms with Gasteiger partial charge in [-0.1, -0.05) is 12.1 Å². The monoisotopic (exact) mass is 218 g/mol. The second-order valence-corrected chi connectivity index (χ2v) is 3.68. The Morgan fingerprint density at radius 1 is 1.44 bits per heavy atom. The standard InChI is InChI=1S/C13H14O3/c1-15-12-6-2-4-10(8-12)13(14)11-5-3-7-16-9-11/h2,4,6,8-9H,3,5,7H2,1H3. The quantitative estimate of drug-likeness (QED) is 0.731. The summed E-state index contributed by atoms with van der Waals surface area (Å²) in [7, 11) is 1.59. The maximum Gasteiger partial charge on any atom is 0.192 e. The predicted octanol–water partition coefficient (Wildman–Crippen LogP) is 2.57. The van der Waals surface area contributed by atoms with Crippen LogP contribution in [0.5, 0.6) is 5.75 Å². The largest absolute Gasteiger partial charge is 0.501 e. The number of ether oxygens (including phenoxy) is 2. The molecule has 0 saturated carbocycles. The van der Waals surface area contributed by atoms with Crippen LogP contribution in [0.1, 0.15) is 23.2 Å². The molecule has 1 aromatic rings. The van der Waals surface area contributed by atoms with Gasteiger partial charge < -0.3 is 9.47 Å². The van der Waals surface area contributed by atoms with E-state index in [1.807, 2.05) is 12.1 Å². The summed E-state index contributed by atoms with van der Waals surface area (Å²) in [4.78, 5) is 12.1. The predicted molar refractivity (Wildman–Crippen MR) is 60.6 cm³/mol. The van der Waals surface area contributed by atoms with Gasteiger partial charge in [0.1, 0.15) is 5.75 Å². The van der Waals surface area contributed by atoms with Crippen molar-refractivity contribution in [2.75, 3.05) is 13.7 Å². The maximum absolute atomic E-state index is 12.1. The van der Waals surface area contributed by atoms with Gasteiger partial charge in [-0.3, -0.25) is 4.79 Å². The van der Waals surface area contributed by atoms with Crippen molar-refractivity contribution in [3.05, 3.63) is 41.7 Å². The van der Waals surface area contributed by atoms with Crippen LogP contribution < -0.4 is 4.74 Å². The molecule has 0 aromatic heterocycles. The highest BCUT2D eigenvalue weighted by atomic mass is 16.5. The summed E-state index contributed by atoms with van der Waals surface area (Å²) >= 11 is 0. The third-order valence-corrected chi connectivity index (χ3v) is 2.56. The average Bonchev–Trinajstić information content (AvgIpc) is 2.39. The molecule has 0 saturated heterocycles. The van der Waals surface area contributed by atoms with Gasteiger partial charge in [0.15, 0.2) is 5.78 Å². The molecule has 0 unspecified atom stereocenters. The van der Waals surface area contributed by atoms with Crippen LogP contribution in [-0.4, -0.2) is 19.5 Å². The average molecular weight is 218 g/mol. The lowest BCUT2D eigenvalue weighted by molar-refractivity contribution is 0.101. The number of benzene rings is 1. The van der Waals surface area contributed by atoms with Crippen molar-refractivity contribution in [2.45, 2.75) is 12.8 Å². The number of hydrogen-bond donors (Lipinski definition) is 0. The highest BCUT2D eigenvalue weighted by Crippen LogP contribution is 2.20. The van der Waals surface area contributed by atoms with E-state index < -0.39 is 0 Å². The van der Waals surface area contributed by atoms with Gasteiger partial charge in [0.05, 0.1) is 20.0 Å². The Morgan fingerprint density at radius 2 is 2.31 bits per heavy atom. The number of carbonyl (C=O) groups is 1. The molecule has 0 N–H and O–H groups in total. The Balaban J connectivity index is 2.22. The molecule has 0 bridgehead atoms. The van der Waals surface area contributed by atoms with E-state index in [1.54, 1.807) is 25.5 Å². The van der Waals surface area contributed by atoms with Crippen molar-refractivity contribution in [1.82, 2.24) is 0 Å². The van der Waals surface area contributed by atoms with Crippen molar-refractivity contribution in [2.24, 2.45) is 0 Å². The SMILES string of the molecule is COc1cccc(C(=O)C2=COCCC2)c1. The minimum atomic E-state index is 0.0265. The summed E-state index contributed by atoms with van der Waals surface area (Å²) in [5.41, 5.74) is 1.38. The van der Waals surface area contributed by atoms with E-state index in [1.165, 1.54) is 0 Å². The van der Waals surface area contributed by atoms with Crippen molar-refractivity contribution in [1.29, 1.82) is 0 Å². The van der Waals surface area contributed by atoms with Crippen LogP contribution in [0.15, 0.2) is 36.1 Å². The molecule has 0 amide bonds. The van der Waals surface area contributed by atoms with E-state index in [0.29, 0.717) is 17.9 Å². The molecule has 0 radical (unpaired) electrons. The molecule has 84 valence electrons. The molecule has 1 aromatic carbocycles. The smallest absolute Gasteiger partial charge is 0.192 e. The normalized spacial score (nSPS) is 14.9. The zero-order chi connectivity index (χ0) is 11.4. The maximum atomic E-state index is 12.1. The molecule has 0 aliphatic carbocycles. The first kappa shape index (κ1) is 10.7. The number of carbonyl (C=O) groups excluding carboxylic acids is 1. The summed E-state index contributed by atoms with van der Waals surface area (Å²) in [6, 6.07) is 7.18. The molecule has 3 nitrogen and oxygen atoms in total. The van der Waals surface area contributed by atoms with Crippen molar-refractivity contribution < 1.29 is 14.3 Å². The van der Waals surface area contributed by atoms with Gasteiger partial charge in [0, 0.05) is 11.1 Å². The lowest BCUT2D eigenvalue weighted by atomic mass is 10.00. The van der Waals surface area contributed by atoms with Gasteiger partial charge in [-0.05, 0) is 25.0 Å². The summed E-state index contributed by atoms with van der Waals surface area (Å²) in [5.74, 6) is 0.724. The van der Waals surface area contributed by atoms with E-state index in [2.05, 4.69) is 0 Å². The van der Waals surface area contributed by atoms with Gasteiger partial charge >= 0.3 is 0 Å². The fraction of sp³-hybridized carbons (Fsp3) is 0.308. The molecule has 1 heterocycles. The van der Waals surface area contributed by atoms with Crippen LogP contribution in [0.2, 0.25) is 0 Å². The molecule has 3 heteroatoms. The molecular weight excluding hydrogens is 204 g/mol. The Bertz CT molecular complexity index is 421. The number of allylic oxidation sites excluding steroid dienone is 1. The van der Waals surface area contributed by atoms with Crippen LogP contribution >= 0.6 is 0 Å². The first-order valence-corrected chi connectivity index (χ1v) is 5.30. The highest BCUT2D eigenvalue weighted by molar-refractivity contribution is 6.08. The van der Waals surface area contributed by atoms with Gasteiger partial charge in [0.25, 0.3) is 0 Å². The summed E-state index contributed by atoms with van der Waals surface area (Å²) in [6.07, 6.45) is 3.27. The molecule has 0 fully saturated rings. The van der Waals surface area contributed by atoms with Gasteiger partial charge in [-0.15, -0.1) is 0 Å². The Morgan fingerprint density at radius 3 is 3.00 bits per heavy atom. The highest BCUT2D eigenvalue weighted by Gasteiger charge is 2.15. The fourth-order valence-corrected chi connectivity index (χ4v) is 1.68. The lowest BCUT2D eigenvalue weighted by Crippen LogP contribution is -2.09. The molecule has 0 spiro atoms. The van der Waals surface area contributed by atoms with Crippen molar-refractivity contribution in [3.63, 3.8) is 0 Å². The zero-order valence-electron chi connectivity index (χ0n) is 9.23.